The molecule has 0 fully saturated rings. The Balaban J connectivity index is 4.32. The van der Waals surface area contributed by atoms with Crippen molar-refractivity contribution >= 4 is 8.24 Å². The first-order valence-corrected chi connectivity index (χ1v) is 9.73. The number of halogens is 2. The highest BCUT2D eigenvalue weighted by atomic mass is 28.3. The van der Waals surface area contributed by atoms with Crippen LogP contribution in [-0.2, 0) is 0 Å². The maximum atomic E-state index is 13.9. The normalized spacial score (nSPS) is 15.9. The molecule has 0 radical (unpaired) electrons. The summed E-state index contributed by atoms with van der Waals surface area (Å²) in [5, 5.41) is 0. The third-order valence-electron chi connectivity index (χ3n) is 3.68. The molecule has 4 heteroatoms. The fourth-order valence-corrected chi connectivity index (χ4v) is 5.77. The Bertz CT molecular complexity index is 186. The van der Waals surface area contributed by atoms with E-state index in [-0.39, 0.29) is 0 Å². The van der Waals surface area contributed by atoms with Gasteiger partial charge in [0.05, 0.1) is 0 Å². The zero-order chi connectivity index (χ0) is 13.3. The van der Waals surface area contributed by atoms with Crippen molar-refractivity contribution in [3.05, 3.63) is 0 Å². The van der Waals surface area contributed by atoms with Crippen LogP contribution in [0.3, 0.4) is 0 Å². The molecule has 104 valence electrons. The molecular weight excluding hydrogens is 236 g/mol. The number of alkyl halides is 2. The van der Waals surface area contributed by atoms with Gasteiger partial charge >= 0.3 is 0 Å². The molecule has 0 aliphatic heterocycles. The van der Waals surface area contributed by atoms with E-state index in [9.17, 15) is 8.78 Å². The average molecular weight is 265 g/mol. The Morgan fingerprint density at radius 3 is 2.00 bits per heavy atom. The van der Waals surface area contributed by atoms with Gasteiger partial charge in [-0.2, -0.15) is 0 Å². The Morgan fingerprint density at radius 1 is 1.00 bits per heavy atom. The summed E-state index contributed by atoms with van der Waals surface area (Å²) in [7, 11) is -1.77. The number of hydrogen-bond acceptors (Lipinski definition) is 1. The van der Waals surface area contributed by atoms with Gasteiger partial charge in [0.15, 0.2) is 6.30 Å². The molecule has 0 heterocycles. The van der Waals surface area contributed by atoms with Gasteiger partial charge in [-0.05, 0) is 24.6 Å². The summed E-state index contributed by atoms with van der Waals surface area (Å²) in [5.74, 6) is 0. The third-order valence-corrected chi connectivity index (χ3v) is 8.73. The fourth-order valence-electron chi connectivity index (χ4n) is 2.29. The zero-order valence-electron chi connectivity index (χ0n) is 11.9. The second-order valence-corrected chi connectivity index (χ2v) is 9.71. The van der Waals surface area contributed by atoms with E-state index in [1.54, 1.807) is 0 Å². The molecule has 17 heavy (non-hydrogen) atoms. The van der Waals surface area contributed by atoms with Crippen molar-refractivity contribution in [3.8, 4) is 0 Å². The summed E-state index contributed by atoms with van der Waals surface area (Å²) in [6, 6.07) is 3.01. The molecule has 2 unspecified atom stereocenters. The van der Waals surface area contributed by atoms with Gasteiger partial charge < -0.3 is 4.98 Å². The number of rotatable bonds is 10. The first kappa shape index (κ1) is 17.0. The molecular formula is C13H29F2NSi. The van der Waals surface area contributed by atoms with Crippen molar-refractivity contribution in [1.29, 1.82) is 0 Å². The van der Waals surface area contributed by atoms with Crippen LogP contribution in [0, 0.1) is 0 Å². The quantitative estimate of drug-likeness (QED) is 0.442. The van der Waals surface area contributed by atoms with E-state index >= 15 is 0 Å². The number of hydrogen-bond donors (Lipinski definition) is 1. The van der Waals surface area contributed by atoms with Gasteiger partial charge in [-0.25, -0.2) is 8.78 Å². The lowest BCUT2D eigenvalue weighted by Crippen LogP contribution is -2.55. The predicted octanol–water partition coefficient (Wildman–Crippen LogP) is 4.80. The first-order chi connectivity index (χ1) is 8.05. The highest BCUT2D eigenvalue weighted by Crippen LogP contribution is 2.22. The third kappa shape index (κ3) is 5.95. The largest absolute Gasteiger partial charge is 0.306 e. The monoisotopic (exact) mass is 265 g/mol. The van der Waals surface area contributed by atoms with Crippen LogP contribution in [-0.4, -0.2) is 20.7 Å². The van der Waals surface area contributed by atoms with E-state index in [2.05, 4.69) is 25.8 Å². The summed E-state index contributed by atoms with van der Waals surface area (Å²) in [6.45, 7) is 8.32. The molecule has 0 aromatic rings. The molecule has 0 amide bonds. The molecule has 1 N–H and O–H groups in total. The number of unbranched alkanes of at least 4 members (excludes halogenated alkanes) is 1. The zero-order valence-corrected chi connectivity index (χ0v) is 12.9. The Hall–Kier alpha value is 0.0369. The van der Waals surface area contributed by atoms with E-state index in [1.165, 1.54) is 0 Å². The van der Waals surface area contributed by atoms with E-state index in [1.807, 2.05) is 6.92 Å². The average Bonchev–Trinajstić information content (AvgIpc) is 2.35. The SMILES string of the molecule is CCCCC(F)C(F)N[Si](CC)(CC)CCC. The topological polar surface area (TPSA) is 12.0 Å². The van der Waals surface area contributed by atoms with Crippen LogP contribution in [0.5, 0.6) is 0 Å². The van der Waals surface area contributed by atoms with Gasteiger partial charge in [-0.1, -0.05) is 47.0 Å². The lowest BCUT2D eigenvalue weighted by Gasteiger charge is -2.33. The molecule has 0 rings (SSSR count). The summed E-state index contributed by atoms with van der Waals surface area (Å²) in [6.07, 6.45) is 0.293. The van der Waals surface area contributed by atoms with Crippen LogP contribution < -0.4 is 4.98 Å². The van der Waals surface area contributed by atoms with Gasteiger partial charge in [0.1, 0.15) is 14.4 Å². The maximum absolute atomic E-state index is 13.9. The van der Waals surface area contributed by atoms with Crippen molar-refractivity contribution in [3.63, 3.8) is 0 Å². The van der Waals surface area contributed by atoms with Gasteiger partial charge in [-0.3, -0.25) is 0 Å². The van der Waals surface area contributed by atoms with Gasteiger partial charge in [-0.15, -0.1) is 0 Å². The summed E-state index contributed by atoms with van der Waals surface area (Å²) >= 11 is 0. The minimum absolute atomic E-state index is 0.342. The molecule has 0 saturated carbocycles. The smallest absolute Gasteiger partial charge is 0.176 e. The standard InChI is InChI=1S/C13H29F2NSi/c1-5-9-10-12(14)13(15)16-17(7-3,8-4)11-6-2/h12-13,16H,5-11H2,1-4H3. The molecule has 0 aromatic carbocycles. The Labute approximate surface area is 106 Å². The summed E-state index contributed by atoms with van der Waals surface area (Å²) in [5.41, 5.74) is 0. The van der Waals surface area contributed by atoms with Crippen LogP contribution in [0.4, 0.5) is 8.78 Å². The van der Waals surface area contributed by atoms with Crippen LogP contribution >= 0.6 is 0 Å². The summed E-state index contributed by atoms with van der Waals surface area (Å²) in [4.78, 5) is 3.04. The molecule has 0 aromatic heterocycles. The minimum Gasteiger partial charge on any atom is -0.306 e. The van der Waals surface area contributed by atoms with Crippen molar-refractivity contribution in [2.45, 2.75) is 84.0 Å². The van der Waals surface area contributed by atoms with Crippen LogP contribution in [0.25, 0.3) is 0 Å². The fraction of sp³-hybridized carbons (Fsp3) is 1.00. The Morgan fingerprint density at radius 2 is 1.59 bits per heavy atom. The van der Waals surface area contributed by atoms with Crippen molar-refractivity contribution in [1.82, 2.24) is 4.98 Å². The summed E-state index contributed by atoms with van der Waals surface area (Å²) < 4.78 is 27.5. The predicted molar refractivity (Wildman–Crippen MR) is 74.3 cm³/mol. The molecule has 1 nitrogen and oxygen atoms in total. The maximum Gasteiger partial charge on any atom is 0.176 e. The van der Waals surface area contributed by atoms with Crippen molar-refractivity contribution in [2.75, 3.05) is 0 Å². The molecule has 0 aliphatic rings. The van der Waals surface area contributed by atoms with Crippen molar-refractivity contribution in [2.24, 2.45) is 0 Å². The van der Waals surface area contributed by atoms with Crippen LogP contribution in [0.15, 0.2) is 0 Å². The molecule has 0 spiro atoms. The van der Waals surface area contributed by atoms with E-state index < -0.39 is 20.7 Å². The minimum atomic E-state index is -1.77. The lowest BCUT2D eigenvalue weighted by molar-refractivity contribution is 0.143. The second kappa shape index (κ2) is 9.03. The van der Waals surface area contributed by atoms with Crippen molar-refractivity contribution < 1.29 is 8.78 Å². The lowest BCUT2D eigenvalue weighted by atomic mass is 10.2. The van der Waals surface area contributed by atoms with Crippen LogP contribution in [0.1, 0.15) is 53.4 Å². The van der Waals surface area contributed by atoms with E-state index in [4.69, 9.17) is 0 Å². The van der Waals surface area contributed by atoms with Gasteiger partial charge in [0.25, 0.3) is 0 Å². The van der Waals surface area contributed by atoms with Crippen LogP contribution in [0.2, 0.25) is 18.1 Å². The van der Waals surface area contributed by atoms with Gasteiger partial charge in [0, 0.05) is 0 Å². The highest BCUT2D eigenvalue weighted by molar-refractivity contribution is 6.77. The highest BCUT2D eigenvalue weighted by Gasteiger charge is 2.33. The molecule has 2 atom stereocenters. The van der Waals surface area contributed by atoms with E-state index in [0.29, 0.717) is 6.42 Å². The molecule has 0 bridgehead atoms. The van der Waals surface area contributed by atoms with Gasteiger partial charge in [0.2, 0.25) is 0 Å². The molecule has 0 aliphatic carbocycles. The van der Waals surface area contributed by atoms with E-state index in [0.717, 1.165) is 37.4 Å². The molecule has 0 saturated heterocycles. The number of nitrogens with one attached hydrogen (secondary N) is 1. The Kier molecular flexibility index (Phi) is 9.05. The second-order valence-electron chi connectivity index (χ2n) is 4.94. The first-order valence-electron chi connectivity index (χ1n) is 7.11.